The van der Waals surface area contributed by atoms with Gasteiger partial charge in [-0.1, -0.05) is 24.3 Å². The van der Waals surface area contributed by atoms with Gasteiger partial charge in [0.25, 0.3) is 11.5 Å². The number of aromatic nitrogens is 1. The zero-order valence-corrected chi connectivity index (χ0v) is 20.4. The van der Waals surface area contributed by atoms with Crippen LogP contribution >= 0.6 is 11.3 Å². The Hall–Kier alpha value is -3.56. The molecule has 0 unspecified atom stereocenters. The van der Waals surface area contributed by atoms with Gasteiger partial charge in [-0.15, -0.1) is 11.3 Å². The lowest BCUT2D eigenvalue weighted by molar-refractivity contribution is 0.0630. The molecule has 8 nitrogen and oxygen atoms in total. The zero-order chi connectivity index (χ0) is 24.1. The molecule has 35 heavy (non-hydrogen) atoms. The Labute approximate surface area is 205 Å². The number of ether oxygens (including phenoxy) is 3. The van der Waals surface area contributed by atoms with Crippen molar-refractivity contribution in [1.82, 2.24) is 14.4 Å². The summed E-state index contributed by atoms with van der Waals surface area (Å²) >= 11 is 1.35. The van der Waals surface area contributed by atoms with Crippen LogP contribution in [0.15, 0.2) is 47.3 Å². The second-order valence-electron chi connectivity index (χ2n) is 8.81. The number of thiophene rings is 1. The topological polar surface area (TPSA) is 73.2 Å². The van der Waals surface area contributed by atoms with Gasteiger partial charge >= 0.3 is 0 Å². The van der Waals surface area contributed by atoms with Crippen LogP contribution in [0.4, 0.5) is 0 Å². The lowest BCUT2D eigenvalue weighted by Gasteiger charge is -2.34. The van der Waals surface area contributed by atoms with Crippen LogP contribution in [0.3, 0.4) is 0 Å². The molecule has 9 heteroatoms. The highest BCUT2D eigenvalue weighted by atomic mass is 32.1. The molecule has 2 aliphatic heterocycles. The fraction of sp³-hybridized carbons (Fsp3) is 0.308. The van der Waals surface area contributed by atoms with Gasteiger partial charge in [-0.25, -0.2) is 0 Å². The predicted molar refractivity (Wildman–Crippen MR) is 135 cm³/mol. The van der Waals surface area contributed by atoms with Gasteiger partial charge in [-0.2, -0.15) is 0 Å². The van der Waals surface area contributed by atoms with E-state index in [4.69, 9.17) is 14.2 Å². The van der Waals surface area contributed by atoms with Crippen LogP contribution in [-0.4, -0.2) is 60.4 Å². The van der Waals surface area contributed by atoms with Gasteiger partial charge in [0.2, 0.25) is 6.79 Å². The molecule has 6 rings (SSSR count). The van der Waals surface area contributed by atoms with Crippen molar-refractivity contribution in [2.75, 3.05) is 40.1 Å². The number of nitrogens with zero attached hydrogens (tertiary/aromatic N) is 3. The standard InChI is InChI=1S/C26H25N3O5S/c1-27-18-6-4-3-5-17(18)23-21(25(27)30)22(32-2)24(35-23)26(31)29-11-9-28(10-12-29)14-16-7-8-19-20(13-16)34-15-33-19/h3-8,13H,9-12,14-15H2,1-2H3. The van der Waals surface area contributed by atoms with Gasteiger partial charge in [0.05, 0.1) is 17.3 Å². The van der Waals surface area contributed by atoms with Crippen LogP contribution in [0.25, 0.3) is 21.0 Å². The van der Waals surface area contributed by atoms with Crippen LogP contribution in [0.1, 0.15) is 15.2 Å². The minimum atomic E-state index is -0.153. The molecular formula is C26H25N3O5S. The fourth-order valence-corrected chi connectivity index (χ4v) is 6.18. The number of piperazine rings is 1. The minimum absolute atomic E-state index is 0.0862. The Kier molecular flexibility index (Phi) is 5.38. The van der Waals surface area contributed by atoms with Gasteiger partial charge in [-0.3, -0.25) is 14.5 Å². The molecular weight excluding hydrogens is 466 g/mol. The summed E-state index contributed by atoms with van der Waals surface area (Å²) in [6.07, 6.45) is 0. The van der Waals surface area contributed by atoms with Gasteiger partial charge in [0.1, 0.15) is 10.3 Å². The molecule has 0 atom stereocenters. The van der Waals surface area contributed by atoms with E-state index in [0.717, 1.165) is 52.3 Å². The summed E-state index contributed by atoms with van der Waals surface area (Å²) in [6.45, 7) is 3.80. The van der Waals surface area contributed by atoms with E-state index in [1.54, 1.807) is 11.6 Å². The first-order valence-corrected chi connectivity index (χ1v) is 12.3. The van der Waals surface area contributed by atoms with E-state index < -0.39 is 0 Å². The molecule has 2 aromatic heterocycles. The molecule has 0 radical (unpaired) electrons. The van der Waals surface area contributed by atoms with Crippen molar-refractivity contribution in [2.24, 2.45) is 7.05 Å². The van der Waals surface area contributed by atoms with Crippen LogP contribution in [0, 0.1) is 0 Å². The molecule has 0 aliphatic carbocycles. The van der Waals surface area contributed by atoms with E-state index in [9.17, 15) is 9.59 Å². The number of amides is 1. The summed E-state index contributed by atoms with van der Waals surface area (Å²) in [4.78, 5) is 31.4. The van der Waals surface area contributed by atoms with Crippen molar-refractivity contribution >= 4 is 38.2 Å². The molecule has 4 heterocycles. The van der Waals surface area contributed by atoms with Crippen LogP contribution in [0.2, 0.25) is 0 Å². The normalized spacial score (nSPS) is 15.8. The first-order valence-electron chi connectivity index (χ1n) is 11.5. The van der Waals surface area contributed by atoms with Crippen LogP contribution < -0.4 is 19.8 Å². The SMILES string of the molecule is COc1c(C(=O)N2CCN(Cc3ccc4c(c3)OCO4)CC2)sc2c1c(=O)n(C)c1ccccc21. The fourth-order valence-electron chi connectivity index (χ4n) is 4.92. The van der Waals surface area contributed by atoms with Crippen molar-refractivity contribution < 1.29 is 19.0 Å². The van der Waals surface area contributed by atoms with E-state index in [-0.39, 0.29) is 18.3 Å². The van der Waals surface area contributed by atoms with Gasteiger partial charge in [-0.05, 0) is 23.8 Å². The third-order valence-electron chi connectivity index (χ3n) is 6.79. The summed E-state index contributed by atoms with van der Waals surface area (Å²) in [6, 6.07) is 13.8. The highest BCUT2D eigenvalue weighted by Crippen LogP contribution is 2.40. The lowest BCUT2D eigenvalue weighted by Crippen LogP contribution is -2.48. The number of fused-ring (bicyclic) bond motifs is 4. The Bertz CT molecular complexity index is 1520. The molecule has 2 aromatic carbocycles. The number of rotatable bonds is 4. The number of aryl methyl sites for hydroxylation is 1. The molecule has 0 N–H and O–H groups in total. The lowest BCUT2D eigenvalue weighted by atomic mass is 10.1. The average molecular weight is 492 g/mol. The van der Waals surface area contributed by atoms with Crippen molar-refractivity contribution in [3.8, 4) is 17.2 Å². The zero-order valence-electron chi connectivity index (χ0n) is 19.6. The van der Waals surface area contributed by atoms with Crippen LogP contribution in [-0.2, 0) is 13.6 Å². The minimum Gasteiger partial charge on any atom is -0.494 e. The van der Waals surface area contributed by atoms with Crippen LogP contribution in [0.5, 0.6) is 17.2 Å². The molecule has 0 spiro atoms. The molecule has 0 saturated carbocycles. The summed E-state index contributed by atoms with van der Waals surface area (Å²) in [5.41, 5.74) is 1.84. The van der Waals surface area contributed by atoms with Gasteiger partial charge in [0, 0.05) is 45.2 Å². The maximum Gasteiger partial charge on any atom is 0.267 e. The number of hydrogen-bond donors (Lipinski definition) is 0. The first kappa shape index (κ1) is 21.9. The first-order chi connectivity index (χ1) is 17.0. The Morgan fingerprint density at radius 3 is 2.63 bits per heavy atom. The number of carbonyl (C=O) groups is 1. The number of para-hydroxylation sites is 1. The highest BCUT2D eigenvalue weighted by Gasteiger charge is 2.29. The third kappa shape index (κ3) is 3.62. The van der Waals surface area contributed by atoms with Crippen molar-refractivity contribution in [2.45, 2.75) is 6.54 Å². The Morgan fingerprint density at radius 2 is 1.83 bits per heavy atom. The van der Waals surface area contributed by atoms with E-state index in [1.807, 2.05) is 41.3 Å². The Balaban J connectivity index is 1.24. The number of benzene rings is 2. The number of hydrogen-bond acceptors (Lipinski definition) is 7. The van der Waals surface area contributed by atoms with Crippen molar-refractivity contribution in [3.63, 3.8) is 0 Å². The monoisotopic (exact) mass is 491 g/mol. The number of carbonyl (C=O) groups excluding carboxylic acids is 1. The average Bonchev–Trinajstić information content (AvgIpc) is 3.52. The van der Waals surface area contributed by atoms with E-state index in [0.29, 0.717) is 29.1 Å². The molecule has 0 bridgehead atoms. The molecule has 4 aromatic rings. The van der Waals surface area contributed by atoms with E-state index in [2.05, 4.69) is 11.0 Å². The Morgan fingerprint density at radius 1 is 1.06 bits per heavy atom. The summed E-state index contributed by atoms with van der Waals surface area (Å²) in [7, 11) is 3.28. The molecule has 1 fully saturated rings. The van der Waals surface area contributed by atoms with E-state index >= 15 is 0 Å². The second-order valence-corrected chi connectivity index (χ2v) is 9.83. The maximum atomic E-state index is 13.6. The number of pyridine rings is 1. The molecule has 1 saturated heterocycles. The van der Waals surface area contributed by atoms with Crippen molar-refractivity contribution in [3.05, 3.63) is 63.3 Å². The summed E-state index contributed by atoms with van der Waals surface area (Å²) in [5.74, 6) is 1.86. The predicted octanol–water partition coefficient (Wildman–Crippen LogP) is 3.45. The summed E-state index contributed by atoms with van der Waals surface area (Å²) < 4.78 is 18.9. The van der Waals surface area contributed by atoms with Crippen molar-refractivity contribution in [1.29, 1.82) is 0 Å². The molecule has 2 aliphatic rings. The van der Waals surface area contributed by atoms with E-state index in [1.165, 1.54) is 18.4 Å². The molecule has 180 valence electrons. The van der Waals surface area contributed by atoms with Gasteiger partial charge < -0.3 is 23.7 Å². The second kappa shape index (κ2) is 8.58. The quantitative estimate of drug-likeness (QED) is 0.436. The highest BCUT2D eigenvalue weighted by molar-refractivity contribution is 7.22. The largest absolute Gasteiger partial charge is 0.494 e. The summed E-state index contributed by atoms with van der Waals surface area (Å²) in [5, 5.41) is 1.42. The smallest absolute Gasteiger partial charge is 0.267 e. The maximum absolute atomic E-state index is 13.6. The number of methoxy groups -OCH3 is 1. The van der Waals surface area contributed by atoms with Gasteiger partial charge in [0.15, 0.2) is 17.2 Å². The third-order valence-corrected chi connectivity index (χ3v) is 7.99. The molecule has 1 amide bonds.